The van der Waals surface area contributed by atoms with Crippen molar-refractivity contribution in [2.45, 2.75) is 26.2 Å². The highest BCUT2D eigenvalue weighted by Crippen LogP contribution is 2.24. The second-order valence-electron chi connectivity index (χ2n) is 7.40. The predicted molar refractivity (Wildman–Crippen MR) is 117 cm³/mol. The van der Waals surface area contributed by atoms with Gasteiger partial charge in [0.05, 0.1) is 17.8 Å². The van der Waals surface area contributed by atoms with Crippen LogP contribution in [0.25, 0.3) is 0 Å². The van der Waals surface area contributed by atoms with Crippen LogP contribution in [-0.2, 0) is 5.41 Å². The lowest BCUT2D eigenvalue weighted by Gasteiger charge is -2.19. The van der Waals surface area contributed by atoms with Crippen LogP contribution in [0.2, 0.25) is 0 Å². The molecule has 8 heteroatoms. The number of aliphatic imine (C=N–C) groups is 2. The summed E-state index contributed by atoms with van der Waals surface area (Å²) >= 11 is 0. The van der Waals surface area contributed by atoms with Crippen LogP contribution in [0.4, 0.5) is 5.69 Å². The Bertz CT molecular complexity index is 894. The van der Waals surface area contributed by atoms with Gasteiger partial charge >= 0.3 is 0 Å². The fraction of sp³-hybridized carbons (Fsp3) is 0.286. The van der Waals surface area contributed by atoms with Crippen LogP contribution in [0.3, 0.4) is 0 Å². The van der Waals surface area contributed by atoms with Crippen LogP contribution in [0.5, 0.6) is 5.75 Å². The van der Waals surface area contributed by atoms with E-state index in [1.807, 2.05) is 24.3 Å². The van der Waals surface area contributed by atoms with Gasteiger partial charge in [-0.1, -0.05) is 45.0 Å². The first-order valence-electron chi connectivity index (χ1n) is 9.21. The van der Waals surface area contributed by atoms with Crippen molar-refractivity contribution in [2.75, 3.05) is 13.2 Å². The van der Waals surface area contributed by atoms with E-state index < -0.39 is 0 Å². The van der Waals surface area contributed by atoms with E-state index in [0.717, 1.165) is 5.75 Å². The van der Waals surface area contributed by atoms with Gasteiger partial charge in [-0.15, -0.1) is 0 Å². The van der Waals surface area contributed by atoms with Gasteiger partial charge in [-0.05, 0) is 35.2 Å². The zero-order chi connectivity index (χ0) is 21.4. The molecule has 2 aromatic rings. The molecule has 2 rings (SSSR count). The van der Waals surface area contributed by atoms with Gasteiger partial charge in [0.25, 0.3) is 5.91 Å². The lowest BCUT2D eigenvalue weighted by atomic mass is 9.87. The van der Waals surface area contributed by atoms with Crippen LogP contribution < -0.4 is 27.3 Å². The molecular formula is C21H28N6O2. The van der Waals surface area contributed by atoms with Crippen molar-refractivity contribution < 1.29 is 9.53 Å². The minimum absolute atomic E-state index is 0.0902. The van der Waals surface area contributed by atoms with Gasteiger partial charge in [-0.25, -0.2) is 4.99 Å². The van der Waals surface area contributed by atoms with Gasteiger partial charge < -0.3 is 27.3 Å². The van der Waals surface area contributed by atoms with E-state index in [1.165, 1.54) is 5.56 Å². The molecule has 0 unspecified atom stereocenters. The van der Waals surface area contributed by atoms with Crippen molar-refractivity contribution >= 4 is 23.5 Å². The molecule has 8 nitrogen and oxygen atoms in total. The number of carbonyl (C=O) groups excluding carboxylic acids is 1. The van der Waals surface area contributed by atoms with Crippen LogP contribution >= 0.6 is 0 Å². The van der Waals surface area contributed by atoms with E-state index in [2.05, 4.69) is 36.1 Å². The Labute approximate surface area is 170 Å². The number of carbonyl (C=O) groups is 1. The third-order valence-corrected chi connectivity index (χ3v) is 4.00. The van der Waals surface area contributed by atoms with Gasteiger partial charge in [-0.3, -0.25) is 4.79 Å². The maximum Gasteiger partial charge on any atom is 0.253 e. The first-order chi connectivity index (χ1) is 13.7. The standard InChI is InChI=1S/C21H28N6O2/c1-21(2,3)14-8-10-15(11-9-14)29-13-12-25-18(28)16-6-4-5-7-17(16)26-20(24)27-19(22)23/h4-11H,12-13H2,1-3H3,(H,25,28)(H6,22,23,24,26,27). The summed E-state index contributed by atoms with van der Waals surface area (Å²) in [6.07, 6.45) is 0. The smallest absolute Gasteiger partial charge is 0.253 e. The average molecular weight is 396 g/mol. The Morgan fingerprint density at radius 1 is 1.03 bits per heavy atom. The Kier molecular flexibility index (Phi) is 7.19. The highest BCUT2D eigenvalue weighted by molar-refractivity contribution is 6.01. The molecule has 0 bridgehead atoms. The van der Waals surface area contributed by atoms with Gasteiger partial charge in [0.2, 0.25) is 5.96 Å². The van der Waals surface area contributed by atoms with Gasteiger partial charge in [0, 0.05) is 0 Å². The van der Waals surface area contributed by atoms with E-state index >= 15 is 0 Å². The minimum atomic E-state index is -0.298. The molecule has 7 N–H and O–H groups in total. The Hall–Kier alpha value is -3.55. The van der Waals surface area contributed by atoms with Crippen molar-refractivity contribution in [3.8, 4) is 5.75 Å². The number of para-hydroxylation sites is 1. The van der Waals surface area contributed by atoms with Crippen molar-refractivity contribution in [1.29, 1.82) is 0 Å². The summed E-state index contributed by atoms with van der Waals surface area (Å²) in [5, 5.41) is 2.80. The molecule has 0 aliphatic heterocycles. The number of rotatable bonds is 6. The molecule has 0 fully saturated rings. The molecule has 0 spiro atoms. The highest BCUT2D eigenvalue weighted by Gasteiger charge is 2.13. The van der Waals surface area contributed by atoms with Crippen molar-refractivity contribution in [1.82, 2.24) is 5.32 Å². The van der Waals surface area contributed by atoms with E-state index in [0.29, 0.717) is 24.4 Å². The molecule has 0 saturated carbocycles. The van der Waals surface area contributed by atoms with Gasteiger partial charge in [-0.2, -0.15) is 4.99 Å². The summed E-state index contributed by atoms with van der Waals surface area (Å²) in [6, 6.07) is 14.7. The van der Waals surface area contributed by atoms with Gasteiger partial charge in [0.1, 0.15) is 12.4 Å². The zero-order valence-corrected chi connectivity index (χ0v) is 17.0. The number of hydrogen-bond donors (Lipinski definition) is 4. The Morgan fingerprint density at radius 2 is 1.69 bits per heavy atom. The zero-order valence-electron chi connectivity index (χ0n) is 17.0. The molecule has 0 aliphatic carbocycles. The number of guanidine groups is 2. The van der Waals surface area contributed by atoms with E-state index in [-0.39, 0.29) is 23.2 Å². The van der Waals surface area contributed by atoms with E-state index in [4.69, 9.17) is 21.9 Å². The summed E-state index contributed by atoms with van der Waals surface area (Å²) in [4.78, 5) is 20.2. The molecule has 0 heterocycles. The largest absolute Gasteiger partial charge is 0.492 e. The quantitative estimate of drug-likeness (QED) is 0.336. The third-order valence-electron chi connectivity index (χ3n) is 4.00. The van der Waals surface area contributed by atoms with Gasteiger partial charge in [0.15, 0.2) is 5.96 Å². The number of amides is 1. The van der Waals surface area contributed by atoms with Crippen LogP contribution in [0.15, 0.2) is 58.5 Å². The Balaban J connectivity index is 1.92. The summed E-state index contributed by atoms with van der Waals surface area (Å²) in [6.45, 7) is 7.14. The first kappa shape index (κ1) is 21.7. The van der Waals surface area contributed by atoms with Crippen molar-refractivity contribution in [3.63, 3.8) is 0 Å². The molecule has 2 aromatic carbocycles. The number of ether oxygens (including phenoxy) is 1. The van der Waals surface area contributed by atoms with Crippen molar-refractivity contribution in [3.05, 3.63) is 59.7 Å². The van der Waals surface area contributed by atoms with Crippen LogP contribution in [0.1, 0.15) is 36.7 Å². The number of hydrogen-bond acceptors (Lipinski definition) is 3. The molecule has 0 saturated heterocycles. The fourth-order valence-electron chi connectivity index (χ4n) is 2.52. The summed E-state index contributed by atoms with van der Waals surface area (Å²) in [5.41, 5.74) is 18.2. The number of nitrogens with one attached hydrogen (secondary N) is 1. The molecule has 154 valence electrons. The number of nitrogens with zero attached hydrogens (tertiary/aromatic N) is 2. The minimum Gasteiger partial charge on any atom is -0.492 e. The summed E-state index contributed by atoms with van der Waals surface area (Å²) in [7, 11) is 0. The maximum absolute atomic E-state index is 12.5. The van der Waals surface area contributed by atoms with Crippen LogP contribution in [0, 0.1) is 0 Å². The molecule has 0 aromatic heterocycles. The molecule has 0 atom stereocenters. The first-order valence-corrected chi connectivity index (χ1v) is 9.21. The molecule has 29 heavy (non-hydrogen) atoms. The normalized spacial score (nSPS) is 11.6. The molecule has 0 radical (unpaired) electrons. The topological polar surface area (TPSA) is 141 Å². The summed E-state index contributed by atoms with van der Waals surface area (Å²) < 4.78 is 5.69. The SMILES string of the molecule is CC(C)(C)c1ccc(OCCNC(=O)c2ccccc2N=C(N)N=C(N)N)cc1. The maximum atomic E-state index is 12.5. The fourth-order valence-corrected chi connectivity index (χ4v) is 2.52. The molecular weight excluding hydrogens is 368 g/mol. The highest BCUT2D eigenvalue weighted by atomic mass is 16.5. The van der Waals surface area contributed by atoms with Crippen molar-refractivity contribution in [2.24, 2.45) is 27.2 Å². The lowest BCUT2D eigenvalue weighted by molar-refractivity contribution is 0.0947. The lowest BCUT2D eigenvalue weighted by Crippen LogP contribution is -2.28. The average Bonchev–Trinajstić information content (AvgIpc) is 2.64. The second-order valence-corrected chi connectivity index (χ2v) is 7.40. The predicted octanol–water partition coefficient (Wildman–Crippen LogP) is 2.01. The second kappa shape index (κ2) is 9.59. The monoisotopic (exact) mass is 396 g/mol. The molecule has 0 aliphatic rings. The Morgan fingerprint density at radius 3 is 2.31 bits per heavy atom. The van der Waals surface area contributed by atoms with E-state index in [1.54, 1.807) is 24.3 Å². The van der Waals surface area contributed by atoms with Crippen LogP contribution in [-0.4, -0.2) is 31.0 Å². The number of nitrogens with two attached hydrogens (primary N) is 3. The molecule has 1 amide bonds. The third kappa shape index (κ3) is 6.84. The van der Waals surface area contributed by atoms with E-state index in [9.17, 15) is 4.79 Å². The number of benzene rings is 2. The summed E-state index contributed by atoms with van der Waals surface area (Å²) in [5.74, 6) is 0.115.